The fraction of sp³-hybridized carbons (Fsp3) is 0.696. The average molecular weight is 372 g/mol. The molecule has 148 valence electrons. The van der Waals surface area contributed by atoms with E-state index in [4.69, 9.17) is 9.15 Å². The number of carbonyl (C=O) groups excluding carboxylic acids is 1. The van der Waals surface area contributed by atoms with Crippen LogP contribution in [0.1, 0.15) is 58.6 Å². The maximum Gasteiger partial charge on any atom is 0.311 e. The quantitative estimate of drug-likeness (QED) is 0.591. The van der Waals surface area contributed by atoms with Crippen LogP contribution < -0.4 is 5.32 Å². The first kappa shape index (κ1) is 18.8. The molecule has 1 saturated carbocycles. The number of ether oxygens (including phenoxy) is 1. The van der Waals surface area contributed by atoms with E-state index in [1.54, 1.807) is 11.8 Å². The van der Waals surface area contributed by atoms with Gasteiger partial charge in [0.15, 0.2) is 0 Å². The molecular formula is C23H33NO3. The number of fused-ring (bicyclic) bond motifs is 2. The minimum Gasteiger partial charge on any atom is -0.469 e. The molecule has 1 aromatic heterocycles. The van der Waals surface area contributed by atoms with Crippen molar-refractivity contribution in [3.63, 3.8) is 0 Å². The van der Waals surface area contributed by atoms with E-state index >= 15 is 0 Å². The third-order valence-electron chi connectivity index (χ3n) is 7.17. The zero-order chi connectivity index (χ0) is 19.0. The van der Waals surface area contributed by atoms with Crippen molar-refractivity contribution >= 4 is 5.97 Å². The van der Waals surface area contributed by atoms with Gasteiger partial charge >= 0.3 is 5.97 Å². The number of nitrogens with one attached hydrogen (secondary N) is 1. The molecule has 2 heterocycles. The van der Waals surface area contributed by atoms with E-state index in [9.17, 15) is 4.79 Å². The van der Waals surface area contributed by atoms with Gasteiger partial charge in [-0.2, -0.15) is 0 Å². The maximum absolute atomic E-state index is 12.6. The Morgan fingerprint density at radius 2 is 2.26 bits per heavy atom. The third kappa shape index (κ3) is 3.73. The fourth-order valence-corrected chi connectivity index (χ4v) is 5.53. The van der Waals surface area contributed by atoms with Gasteiger partial charge in [-0.3, -0.25) is 4.79 Å². The van der Waals surface area contributed by atoms with Gasteiger partial charge in [-0.05, 0) is 56.1 Å². The topological polar surface area (TPSA) is 51.5 Å². The van der Waals surface area contributed by atoms with Gasteiger partial charge in [0.1, 0.15) is 11.9 Å². The number of esters is 1. The van der Waals surface area contributed by atoms with E-state index in [0.29, 0.717) is 18.5 Å². The minimum atomic E-state index is -0.0489. The van der Waals surface area contributed by atoms with Crippen molar-refractivity contribution in [3.8, 4) is 0 Å². The van der Waals surface area contributed by atoms with Crippen LogP contribution in [-0.4, -0.2) is 24.7 Å². The molecule has 0 radical (unpaired) electrons. The van der Waals surface area contributed by atoms with Crippen LogP contribution in [0.15, 0.2) is 34.5 Å². The van der Waals surface area contributed by atoms with Gasteiger partial charge in [-0.25, -0.2) is 0 Å². The summed E-state index contributed by atoms with van der Waals surface area (Å²) in [5, 5.41) is 3.57. The monoisotopic (exact) mass is 371 g/mol. The minimum absolute atomic E-state index is 0.0116. The summed E-state index contributed by atoms with van der Waals surface area (Å²) in [7, 11) is 0. The van der Waals surface area contributed by atoms with Gasteiger partial charge in [-0.15, -0.1) is 0 Å². The van der Waals surface area contributed by atoms with Gasteiger partial charge in [0.25, 0.3) is 0 Å². The second-order valence-corrected chi connectivity index (χ2v) is 9.27. The average Bonchev–Trinajstić information content (AvgIpc) is 3.23. The summed E-state index contributed by atoms with van der Waals surface area (Å²) in [5.74, 6) is 1.84. The molecule has 2 aliphatic carbocycles. The Morgan fingerprint density at radius 1 is 1.41 bits per heavy atom. The van der Waals surface area contributed by atoms with Crippen molar-refractivity contribution in [1.29, 1.82) is 0 Å². The standard InChI is InChI=1S/C23H33NO3/c1-15-6-4-10-23(3)13-21-18(12-20(15)23)19(22(25)27-21)14-24-16(2)8-9-17-7-5-11-26-17/h5,7,11-12,15-16,18-19,21,24H,4,6,8-10,13-14H2,1-3H3/t15-,16-,18+,19-,21+,23+/m0/s1. The maximum atomic E-state index is 12.6. The number of rotatable bonds is 6. The molecule has 27 heavy (non-hydrogen) atoms. The van der Waals surface area contributed by atoms with E-state index in [-0.39, 0.29) is 29.3 Å². The Kier molecular flexibility index (Phi) is 5.19. The molecule has 6 atom stereocenters. The van der Waals surface area contributed by atoms with Crippen LogP contribution in [-0.2, 0) is 16.0 Å². The summed E-state index contributed by atoms with van der Waals surface area (Å²) in [4.78, 5) is 12.6. The van der Waals surface area contributed by atoms with Crippen molar-refractivity contribution in [1.82, 2.24) is 5.32 Å². The van der Waals surface area contributed by atoms with Crippen LogP contribution in [0.5, 0.6) is 0 Å². The summed E-state index contributed by atoms with van der Waals surface area (Å²) in [6, 6.07) is 4.29. The van der Waals surface area contributed by atoms with Gasteiger partial charge in [0.05, 0.1) is 12.2 Å². The van der Waals surface area contributed by atoms with Gasteiger partial charge in [0, 0.05) is 24.9 Å². The number of carbonyl (C=O) groups is 1. The molecular weight excluding hydrogens is 338 g/mol. The predicted molar refractivity (Wildman–Crippen MR) is 105 cm³/mol. The molecule has 0 unspecified atom stereocenters. The molecule has 1 aliphatic heterocycles. The molecule has 0 bridgehead atoms. The smallest absolute Gasteiger partial charge is 0.311 e. The lowest BCUT2D eigenvalue weighted by molar-refractivity contribution is -0.145. The zero-order valence-electron chi connectivity index (χ0n) is 16.9. The van der Waals surface area contributed by atoms with E-state index in [1.165, 1.54) is 19.3 Å². The second-order valence-electron chi connectivity index (χ2n) is 9.27. The molecule has 3 aliphatic rings. The normalized spacial score (nSPS) is 36.6. The highest BCUT2D eigenvalue weighted by molar-refractivity contribution is 5.76. The number of hydrogen-bond acceptors (Lipinski definition) is 4. The summed E-state index contributed by atoms with van der Waals surface area (Å²) in [5.41, 5.74) is 1.82. The highest BCUT2D eigenvalue weighted by Gasteiger charge is 2.51. The molecule has 1 saturated heterocycles. The number of furan rings is 1. The molecule has 4 rings (SSSR count). The molecule has 4 nitrogen and oxygen atoms in total. The van der Waals surface area contributed by atoms with Gasteiger partial charge in [-0.1, -0.05) is 31.9 Å². The first-order valence-corrected chi connectivity index (χ1v) is 10.6. The number of allylic oxidation sites excluding steroid dienone is 1. The summed E-state index contributed by atoms with van der Waals surface area (Å²) < 4.78 is 11.2. The molecule has 0 amide bonds. The fourth-order valence-electron chi connectivity index (χ4n) is 5.53. The van der Waals surface area contributed by atoms with Gasteiger partial charge in [0.2, 0.25) is 0 Å². The predicted octanol–water partition coefficient (Wildman–Crippen LogP) is 4.50. The SMILES string of the molecule is C[C@@H](CCc1ccco1)NC[C@@H]1C(=O)O[C@@H]2C[C@@]3(C)CCC[C@H](C)C3=C[C@H]12. The Labute approximate surface area is 162 Å². The summed E-state index contributed by atoms with van der Waals surface area (Å²) in [6.07, 6.45) is 10.9. The first-order valence-electron chi connectivity index (χ1n) is 10.6. The van der Waals surface area contributed by atoms with Crippen molar-refractivity contribution in [2.24, 2.45) is 23.2 Å². The lowest BCUT2D eigenvalue weighted by atomic mass is 9.59. The largest absolute Gasteiger partial charge is 0.469 e. The van der Waals surface area contributed by atoms with Crippen LogP contribution >= 0.6 is 0 Å². The highest BCUT2D eigenvalue weighted by atomic mass is 16.6. The third-order valence-corrected chi connectivity index (χ3v) is 7.17. The highest BCUT2D eigenvalue weighted by Crippen LogP contribution is 2.53. The molecule has 4 heteroatoms. The molecule has 2 fully saturated rings. The van der Waals surface area contributed by atoms with E-state index < -0.39 is 0 Å². The lowest BCUT2D eigenvalue weighted by Crippen LogP contribution is -2.41. The van der Waals surface area contributed by atoms with Crippen LogP contribution in [0.3, 0.4) is 0 Å². The molecule has 1 N–H and O–H groups in total. The Balaban J connectivity index is 1.39. The van der Waals surface area contributed by atoms with Crippen molar-refractivity contribution in [3.05, 3.63) is 35.8 Å². The van der Waals surface area contributed by atoms with Gasteiger partial charge < -0.3 is 14.5 Å². The van der Waals surface area contributed by atoms with Crippen LogP contribution in [0.4, 0.5) is 0 Å². The van der Waals surface area contributed by atoms with E-state index in [0.717, 1.165) is 25.0 Å². The first-order chi connectivity index (χ1) is 13.0. The number of aryl methyl sites for hydroxylation is 1. The van der Waals surface area contributed by atoms with Crippen molar-refractivity contribution in [2.45, 2.75) is 71.4 Å². The molecule has 1 aromatic rings. The van der Waals surface area contributed by atoms with E-state index in [1.807, 2.05) is 12.1 Å². The molecule has 0 spiro atoms. The zero-order valence-corrected chi connectivity index (χ0v) is 16.9. The Bertz CT molecular complexity index is 694. The number of hydrogen-bond donors (Lipinski definition) is 1. The van der Waals surface area contributed by atoms with E-state index in [2.05, 4.69) is 32.2 Å². The summed E-state index contributed by atoms with van der Waals surface area (Å²) in [6.45, 7) is 7.61. The van der Waals surface area contributed by atoms with Crippen LogP contribution in [0.2, 0.25) is 0 Å². The molecule has 0 aromatic carbocycles. The van der Waals surface area contributed by atoms with Crippen LogP contribution in [0, 0.1) is 23.2 Å². The second kappa shape index (κ2) is 7.46. The Morgan fingerprint density at radius 3 is 3.04 bits per heavy atom. The van der Waals surface area contributed by atoms with Crippen molar-refractivity contribution < 1.29 is 13.9 Å². The lowest BCUT2D eigenvalue weighted by Gasteiger charge is -2.46. The Hall–Kier alpha value is -1.55. The van der Waals surface area contributed by atoms with Crippen LogP contribution in [0.25, 0.3) is 0 Å². The van der Waals surface area contributed by atoms with Crippen molar-refractivity contribution in [2.75, 3.05) is 6.54 Å². The summed E-state index contributed by atoms with van der Waals surface area (Å²) >= 11 is 0.